The number of halogens is 1. The molecule has 12 heavy (non-hydrogen) atoms. The highest BCUT2D eigenvalue weighted by atomic mass is 79.9. The summed E-state index contributed by atoms with van der Waals surface area (Å²) in [4.78, 5) is 0. The van der Waals surface area contributed by atoms with Crippen molar-refractivity contribution in [2.24, 2.45) is 5.41 Å². The van der Waals surface area contributed by atoms with E-state index >= 15 is 0 Å². The zero-order chi connectivity index (χ0) is 10.2. The number of aliphatic hydroxyl groups is 1. The molecule has 0 aliphatic carbocycles. The van der Waals surface area contributed by atoms with Crippen molar-refractivity contribution < 1.29 is 13.5 Å². The van der Waals surface area contributed by atoms with Crippen molar-refractivity contribution in [3.05, 3.63) is 0 Å². The van der Waals surface area contributed by atoms with Crippen molar-refractivity contribution in [2.45, 2.75) is 31.0 Å². The Bertz CT molecular complexity index is 240. The van der Waals surface area contributed by atoms with Crippen molar-refractivity contribution >= 4 is 25.8 Å². The van der Waals surface area contributed by atoms with Crippen LogP contribution in [-0.4, -0.2) is 30.0 Å². The number of hydrogen-bond donors (Lipinski definition) is 1. The SMILES string of the molecule is CC(C)(C)[C@@H](O)[C@@H](Br)S(C)(=O)=O. The highest BCUT2D eigenvalue weighted by molar-refractivity contribution is 9.11. The van der Waals surface area contributed by atoms with Crippen LogP contribution in [0.15, 0.2) is 0 Å². The van der Waals surface area contributed by atoms with E-state index in [0.29, 0.717) is 0 Å². The van der Waals surface area contributed by atoms with E-state index in [1.54, 1.807) is 20.8 Å². The van der Waals surface area contributed by atoms with Crippen LogP contribution in [-0.2, 0) is 9.84 Å². The summed E-state index contributed by atoms with van der Waals surface area (Å²) in [5, 5.41) is 9.56. The fraction of sp³-hybridized carbons (Fsp3) is 1.00. The zero-order valence-corrected chi connectivity index (χ0v) is 10.1. The molecule has 0 spiro atoms. The maximum atomic E-state index is 11.0. The lowest BCUT2D eigenvalue weighted by atomic mass is 9.90. The molecule has 0 aliphatic heterocycles. The molecule has 0 saturated heterocycles. The van der Waals surface area contributed by atoms with Crippen molar-refractivity contribution in [3.8, 4) is 0 Å². The van der Waals surface area contributed by atoms with Crippen LogP contribution >= 0.6 is 15.9 Å². The largest absolute Gasteiger partial charge is 0.390 e. The molecule has 0 amide bonds. The van der Waals surface area contributed by atoms with Crippen LogP contribution < -0.4 is 0 Å². The van der Waals surface area contributed by atoms with Gasteiger partial charge in [-0.1, -0.05) is 36.7 Å². The summed E-state index contributed by atoms with van der Waals surface area (Å²) in [6, 6.07) is 0. The Morgan fingerprint density at radius 1 is 1.33 bits per heavy atom. The van der Waals surface area contributed by atoms with Crippen molar-refractivity contribution in [1.82, 2.24) is 0 Å². The van der Waals surface area contributed by atoms with Gasteiger partial charge in [0.2, 0.25) is 0 Å². The Kier molecular flexibility index (Phi) is 3.75. The van der Waals surface area contributed by atoms with Gasteiger partial charge in [-0.05, 0) is 5.41 Å². The fourth-order valence-corrected chi connectivity index (χ4v) is 2.30. The zero-order valence-electron chi connectivity index (χ0n) is 7.70. The third-order valence-corrected chi connectivity index (χ3v) is 5.16. The molecule has 0 saturated carbocycles. The summed E-state index contributed by atoms with van der Waals surface area (Å²) in [6.45, 7) is 5.37. The predicted octanol–water partition coefficient (Wildman–Crippen LogP) is 1.16. The molecule has 74 valence electrons. The molecule has 2 atom stereocenters. The van der Waals surface area contributed by atoms with Crippen LogP contribution in [0.3, 0.4) is 0 Å². The lowest BCUT2D eigenvalue weighted by Gasteiger charge is -2.28. The molecule has 5 heteroatoms. The van der Waals surface area contributed by atoms with Gasteiger partial charge in [0.15, 0.2) is 9.84 Å². The van der Waals surface area contributed by atoms with E-state index in [0.717, 1.165) is 6.26 Å². The van der Waals surface area contributed by atoms with Crippen molar-refractivity contribution in [1.29, 1.82) is 0 Å². The number of hydrogen-bond acceptors (Lipinski definition) is 3. The first-order valence-corrected chi connectivity index (χ1v) is 6.45. The molecule has 0 radical (unpaired) electrons. The van der Waals surface area contributed by atoms with Gasteiger partial charge in [0.25, 0.3) is 0 Å². The minimum absolute atomic E-state index is 0.433. The number of sulfone groups is 1. The van der Waals surface area contributed by atoms with Crippen LogP contribution in [0, 0.1) is 5.41 Å². The Labute approximate surface area is 82.2 Å². The number of aliphatic hydroxyl groups excluding tert-OH is 1. The van der Waals surface area contributed by atoms with Crippen molar-refractivity contribution in [2.75, 3.05) is 6.26 Å². The molecule has 0 rings (SSSR count). The maximum Gasteiger partial charge on any atom is 0.162 e. The standard InChI is InChI=1S/C7H15BrO3S/c1-7(2,3)5(9)6(8)12(4,10)11/h5-6,9H,1-4H3/t5-,6-/m0/s1. The smallest absolute Gasteiger partial charge is 0.162 e. The fourth-order valence-electron chi connectivity index (χ4n) is 0.627. The van der Waals surface area contributed by atoms with Crippen LogP contribution in [0.4, 0.5) is 0 Å². The second-order valence-electron chi connectivity index (χ2n) is 3.99. The molecule has 0 bridgehead atoms. The minimum atomic E-state index is -3.22. The van der Waals surface area contributed by atoms with Gasteiger partial charge in [-0.2, -0.15) is 0 Å². The first kappa shape index (κ1) is 12.4. The van der Waals surface area contributed by atoms with E-state index in [1.807, 2.05) is 0 Å². The Morgan fingerprint density at radius 3 is 1.75 bits per heavy atom. The van der Waals surface area contributed by atoms with Gasteiger partial charge < -0.3 is 5.11 Å². The minimum Gasteiger partial charge on any atom is -0.390 e. The molecule has 0 heterocycles. The van der Waals surface area contributed by atoms with E-state index in [4.69, 9.17) is 0 Å². The van der Waals surface area contributed by atoms with E-state index in [9.17, 15) is 13.5 Å². The summed E-state index contributed by atoms with van der Waals surface area (Å²) in [5.74, 6) is 0. The molecular weight excluding hydrogens is 244 g/mol. The molecular formula is C7H15BrO3S. The first-order valence-electron chi connectivity index (χ1n) is 3.58. The second-order valence-corrected chi connectivity index (χ2v) is 7.75. The summed E-state index contributed by atoms with van der Waals surface area (Å²) >= 11 is 2.96. The van der Waals surface area contributed by atoms with Gasteiger partial charge in [-0.15, -0.1) is 0 Å². The van der Waals surface area contributed by atoms with Crippen molar-refractivity contribution in [3.63, 3.8) is 0 Å². The molecule has 0 aromatic rings. The number of rotatable bonds is 2. The lowest BCUT2D eigenvalue weighted by Crippen LogP contribution is -2.38. The molecule has 0 aromatic carbocycles. The molecule has 0 aliphatic rings. The van der Waals surface area contributed by atoms with E-state index in [1.165, 1.54) is 0 Å². The Morgan fingerprint density at radius 2 is 1.67 bits per heavy atom. The highest BCUT2D eigenvalue weighted by Crippen LogP contribution is 2.27. The van der Waals surface area contributed by atoms with Gasteiger partial charge in [-0.25, -0.2) is 8.42 Å². The molecule has 0 aromatic heterocycles. The number of alkyl halides is 1. The van der Waals surface area contributed by atoms with Crippen LogP contribution in [0.25, 0.3) is 0 Å². The van der Waals surface area contributed by atoms with E-state index in [2.05, 4.69) is 15.9 Å². The van der Waals surface area contributed by atoms with Gasteiger partial charge >= 0.3 is 0 Å². The Hall–Kier alpha value is 0.390. The monoisotopic (exact) mass is 258 g/mol. The summed E-state index contributed by atoms with van der Waals surface area (Å²) in [7, 11) is -3.22. The van der Waals surface area contributed by atoms with Gasteiger partial charge in [0.05, 0.1) is 6.10 Å². The van der Waals surface area contributed by atoms with Gasteiger partial charge in [0, 0.05) is 6.26 Å². The van der Waals surface area contributed by atoms with Crippen LogP contribution in [0.1, 0.15) is 20.8 Å². The quantitative estimate of drug-likeness (QED) is 0.757. The lowest BCUT2D eigenvalue weighted by molar-refractivity contribution is 0.0773. The van der Waals surface area contributed by atoms with Crippen LogP contribution in [0.5, 0.6) is 0 Å². The third-order valence-electron chi connectivity index (χ3n) is 1.54. The highest BCUT2D eigenvalue weighted by Gasteiger charge is 2.34. The second kappa shape index (κ2) is 3.64. The molecule has 0 fully saturated rings. The predicted molar refractivity (Wildman–Crippen MR) is 53.0 cm³/mol. The first-order chi connectivity index (χ1) is 5.07. The van der Waals surface area contributed by atoms with Gasteiger partial charge in [-0.3, -0.25) is 0 Å². The average Bonchev–Trinajstić information content (AvgIpc) is 1.80. The van der Waals surface area contributed by atoms with Gasteiger partial charge in [0.1, 0.15) is 4.16 Å². The van der Waals surface area contributed by atoms with E-state index in [-0.39, 0.29) is 0 Å². The summed E-state index contributed by atoms with van der Waals surface area (Å²) in [6.07, 6.45) is 0.203. The Balaban J connectivity index is 4.64. The average molecular weight is 259 g/mol. The topological polar surface area (TPSA) is 54.4 Å². The third kappa shape index (κ3) is 3.41. The summed E-state index contributed by atoms with van der Waals surface area (Å²) in [5.41, 5.74) is -0.433. The van der Waals surface area contributed by atoms with Crippen LogP contribution in [0.2, 0.25) is 0 Å². The molecule has 3 nitrogen and oxygen atoms in total. The molecule has 0 unspecified atom stereocenters. The normalized spacial score (nSPS) is 18.8. The maximum absolute atomic E-state index is 11.0. The molecule has 1 N–H and O–H groups in total. The van der Waals surface area contributed by atoms with E-state index < -0.39 is 25.5 Å². The summed E-state index contributed by atoms with van der Waals surface area (Å²) < 4.78 is 21.1.